The number of H-pyrrole nitrogens is 1. The quantitative estimate of drug-likeness (QED) is 0.692. The molecule has 3 rings (SSSR count). The molecule has 2 N–H and O–H groups in total. The molecule has 0 saturated heterocycles. The molecule has 2 aromatic heterocycles. The van der Waals surface area contributed by atoms with Gasteiger partial charge in [0.25, 0.3) is 0 Å². The van der Waals surface area contributed by atoms with E-state index in [4.69, 9.17) is 4.42 Å². The Labute approximate surface area is 132 Å². The number of halogens is 1. The van der Waals surface area contributed by atoms with E-state index < -0.39 is 0 Å². The molecule has 0 bridgehead atoms. The zero-order valence-corrected chi connectivity index (χ0v) is 13.1. The normalized spacial score (nSPS) is 11.3. The molecule has 1 aromatic carbocycles. The van der Waals surface area contributed by atoms with Crippen molar-refractivity contribution in [3.8, 4) is 0 Å². The van der Waals surface area contributed by atoms with E-state index in [0.717, 1.165) is 17.9 Å². The Bertz CT molecular complexity index is 783. The van der Waals surface area contributed by atoms with Crippen molar-refractivity contribution >= 4 is 17.0 Å². The molecule has 0 aliphatic carbocycles. The number of hydrogen-bond donors (Lipinski definition) is 2. The Morgan fingerprint density at radius 2 is 2.22 bits per heavy atom. The number of anilines is 1. The first-order valence-corrected chi connectivity index (χ1v) is 7.55. The summed E-state index contributed by atoms with van der Waals surface area (Å²) in [5, 5.41) is 11.0. The molecule has 2 heterocycles. The van der Waals surface area contributed by atoms with Crippen LogP contribution in [0.15, 0.2) is 22.6 Å². The SMILES string of the molecule is CCN(CCc1nc2ccc(F)cc2[nH]1)c1nnc(CNC)o1. The number of nitrogens with zero attached hydrogens (tertiary/aromatic N) is 4. The zero-order valence-electron chi connectivity index (χ0n) is 13.1. The molecule has 0 fully saturated rings. The van der Waals surface area contributed by atoms with Gasteiger partial charge >= 0.3 is 6.01 Å². The fourth-order valence-electron chi connectivity index (χ4n) is 2.38. The molecule has 23 heavy (non-hydrogen) atoms. The van der Waals surface area contributed by atoms with Crippen LogP contribution < -0.4 is 10.2 Å². The molecule has 0 aliphatic rings. The van der Waals surface area contributed by atoms with Crippen molar-refractivity contribution in [3.63, 3.8) is 0 Å². The molecule has 0 amide bonds. The third-order valence-electron chi connectivity index (χ3n) is 3.55. The number of aromatic amines is 1. The minimum Gasteiger partial charge on any atom is -0.407 e. The van der Waals surface area contributed by atoms with Gasteiger partial charge in [-0.15, -0.1) is 5.10 Å². The lowest BCUT2D eigenvalue weighted by Gasteiger charge is -2.16. The predicted molar refractivity (Wildman–Crippen MR) is 84.7 cm³/mol. The summed E-state index contributed by atoms with van der Waals surface area (Å²) in [5.41, 5.74) is 1.47. The second-order valence-corrected chi connectivity index (χ2v) is 5.18. The summed E-state index contributed by atoms with van der Waals surface area (Å²) >= 11 is 0. The average molecular weight is 318 g/mol. The molecular formula is C15H19FN6O. The lowest BCUT2D eigenvalue weighted by atomic mass is 10.3. The molecule has 0 spiro atoms. The van der Waals surface area contributed by atoms with E-state index in [9.17, 15) is 4.39 Å². The number of aromatic nitrogens is 4. The highest BCUT2D eigenvalue weighted by molar-refractivity contribution is 5.74. The van der Waals surface area contributed by atoms with Crippen molar-refractivity contribution in [2.75, 3.05) is 25.0 Å². The Kier molecular flexibility index (Phi) is 4.52. The van der Waals surface area contributed by atoms with Gasteiger partial charge in [-0.1, -0.05) is 5.10 Å². The van der Waals surface area contributed by atoms with E-state index in [-0.39, 0.29) is 5.82 Å². The van der Waals surface area contributed by atoms with Crippen molar-refractivity contribution in [2.45, 2.75) is 19.9 Å². The van der Waals surface area contributed by atoms with E-state index in [1.165, 1.54) is 12.1 Å². The van der Waals surface area contributed by atoms with Gasteiger partial charge in [0.1, 0.15) is 11.6 Å². The number of likely N-dealkylation sites (N-methyl/N-ethyl adjacent to an activating group) is 1. The molecular weight excluding hydrogens is 299 g/mol. The first-order valence-electron chi connectivity index (χ1n) is 7.55. The topological polar surface area (TPSA) is 82.9 Å². The lowest BCUT2D eigenvalue weighted by molar-refractivity contribution is 0.471. The number of imidazole rings is 1. The van der Waals surface area contributed by atoms with Crippen molar-refractivity contribution < 1.29 is 8.81 Å². The van der Waals surface area contributed by atoms with E-state index >= 15 is 0 Å². The van der Waals surface area contributed by atoms with Crippen LogP contribution >= 0.6 is 0 Å². The molecule has 3 aromatic rings. The summed E-state index contributed by atoms with van der Waals surface area (Å²) in [7, 11) is 1.83. The summed E-state index contributed by atoms with van der Waals surface area (Å²) in [5.74, 6) is 1.09. The smallest absolute Gasteiger partial charge is 0.318 e. The minimum absolute atomic E-state index is 0.272. The minimum atomic E-state index is -0.272. The first kappa shape index (κ1) is 15.4. The first-order chi connectivity index (χ1) is 11.2. The highest BCUT2D eigenvalue weighted by Crippen LogP contribution is 2.15. The third kappa shape index (κ3) is 3.48. The molecule has 7 nitrogen and oxygen atoms in total. The molecule has 8 heteroatoms. The average Bonchev–Trinajstić information content (AvgIpc) is 3.15. The number of hydrogen-bond acceptors (Lipinski definition) is 6. The fourth-order valence-corrected chi connectivity index (χ4v) is 2.38. The van der Waals surface area contributed by atoms with Crippen molar-refractivity contribution in [1.29, 1.82) is 0 Å². The number of rotatable bonds is 7. The molecule has 0 atom stereocenters. The van der Waals surface area contributed by atoms with Crippen LogP contribution in [0.2, 0.25) is 0 Å². The highest BCUT2D eigenvalue weighted by atomic mass is 19.1. The Morgan fingerprint density at radius 3 is 3.00 bits per heavy atom. The van der Waals surface area contributed by atoms with Gasteiger partial charge in [0, 0.05) is 19.5 Å². The number of nitrogens with one attached hydrogen (secondary N) is 2. The second kappa shape index (κ2) is 6.74. The lowest BCUT2D eigenvalue weighted by Crippen LogP contribution is -2.26. The maximum absolute atomic E-state index is 13.2. The van der Waals surface area contributed by atoms with Crippen LogP contribution in [0.3, 0.4) is 0 Å². The number of fused-ring (bicyclic) bond motifs is 1. The van der Waals surface area contributed by atoms with Crippen molar-refractivity contribution in [3.05, 3.63) is 35.7 Å². The van der Waals surface area contributed by atoms with Gasteiger partial charge < -0.3 is 19.6 Å². The maximum atomic E-state index is 13.2. The van der Waals surface area contributed by atoms with Crippen LogP contribution in [0, 0.1) is 5.82 Å². The summed E-state index contributed by atoms with van der Waals surface area (Å²) in [4.78, 5) is 9.59. The fraction of sp³-hybridized carbons (Fsp3) is 0.400. The van der Waals surface area contributed by atoms with Crippen LogP contribution in [0.1, 0.15) is 18.6 Å². The van der Waals surface area contributed by atoms with Gasteiger partial charge in [0.05, 0.1) is 17.6 Å². The van der Waals surface area contributed by atoms with Gasteiger partial charge in [-0.25, -0.2) is 9.37 Å². The maximum Gasteiger partial charge on any atom is 0.318 e. The van der Waals surface area contributed by atoms with Crippen LogP contribution in [0.4, 0.5) is 10.4 Å². The Hall–Kier alpha value is -2.48. The van der Waals surface area contributed by atoms with Gasteiger partial charge in [0.15, 0.2) is 0 Å². The van der Waals surface area contributed by atoms with E-state index in [1.807, 2.05) is 18.9 Å². The van der Waals surface area contributed by atoms with Crippen LogP contribution in [0.25, 0.3) is 11.0 Å². The summed E-state index contributed by atoms with van der Waals surface area (Å²) < 4.78 is 18.8. The zero-order chi connectivity index (χ0) is 16.2. The molecule has 122 valence electrons. The van der Waals surface area contributed by atoms with Gasteiger partial charge in [-0.05, 0) is 32.2 Å². The van der Waals surface area contributed by atoms with Crippen LogP contribution in [-0.2, 0) is 13.0 Å². The summed E-state index contributed by atoms with van der Waals surface area (Å²) in [6.07, 6.45) is 0.674. The monoisotopic (exact) mass is 318 g/mol. The second-order valence-electron chi connectivity index (χ2n) is 5.18. The van der Waals surface area contributed by atoms with E-state index in [1.54, 1.807) is 6.07 Å². The Morgan fingerprint density at radius 1 is 1.35 bits per heavy atom. The standard InChI is InChI=1S/C15H19FN6O/c1-3-22(15-21-20-14(23-15)9-17-2)7-6-13-18-11-5-4-10(16)8-12(11)19-13/h4-5,8,17H,3,6-7,9H2,1-2H3,(H,18,19). The molecule has 0 saturated carbocycles. The third-order valence-corrected chi connectivity index (χ3v) is 3.55. The van der Waals surface area contributed by atoms with Gasteiger partial charge in [-0.2, -0.15) is 0 Å². The van der Waals surface area contributed by atoms with Crippen molar-refractivity contribution in [2.24, 2.45) is 0 Å². The Balaban J connectivity index is 1.68. The van der Waals surface area contributed by atoms with Crippen LogP contribution in [0.5, 0.6) is 0 Å². The summed E-state index contributed by atoms with van der Waals surface area (Å²) in [6.45, 7) is 3.99. The van der Waals surface area contributed by atoms with Crippen LogP contribution in [-0.4, -0.2) is 40.3 Å². The van der Waals surface area contributed by atoms with E-state index in [2.05, 4.69) is 25.5 Å². The van der Waals surface area contributed by atoms with Crippen molar-refractivity contribution in [1.82, 2.24) is 25.5 Å². The largest absolute Gasteiger partial charge is 0.407 e. The highest BCUT2D eigenvalue weighted by Gasteiger charge is 2.13. The molecule has 0 unspecified atom stereocenters. The molecule has 0 radical (unpaired) electrons. The summed E-state index contributed by atoms with van der Waals surface area (Å²) in [6, 6.07) is 5.03. The van der Waals surface area contributed by atoms with E-state index in [0.29, 0.717) is 36.9 Å². The molecule has 0 aliphatic heterocycles. The van der Waals surface area contributed by atoms with Gasteiger partial charge in [-0.3, -0.25) is 0 Å². The number of benzene rings is 1. The predicted octanol–water partition coefficient (Wildman–Crippen LogP) is 1.87. The van der Waals surface area contributed by atoms with Gasteiger partial charge in [0.2, 0.25) is 5.89 Å².